The van der Waals surface area contributed by atoms with E-state index in [1.54, 1.807) is 13.2 Å². The lowest BCUT2D eigenvalue weighted by Gasteiger charge is -2.05. The van der Waals surface area contributed by atoms with Crippen LogP contribution in [-0.2, 0) is 0 Å². The van der Waals surface area contributed by atoms with Crippen LogP contribution in [0.25, 0.3) is 10.9 Å². The minimum Gasteiger partial charge on any atom is -0.497 e. The van der Waals surface area contributed by atoms with Gasteiger partial charge in [-0.15, -0.1) is 0 Å². The van der Waals surface area contributed by atoms with Crippen molar-refractivity contribution in [2.75, 3.05) is 12.4 Å². The second-order valence-corrected chi connectivity index (χ2v) is 4.07. The lowest BCUT2D eigenvalue weighted by atomic mass is 10.1. The molecule has 20 heavy (non-hydrogen) atoms. The van der Waals surface area contributed by atoms with E-state index in [1.165, 1.54) is 12.5 Å². The van der Waals surface area contributed by atoms with Crippen molar-refractivity contribution < 1.29 is 9.53 Å². The number of nitrogens with one attached hydrogen (secondary N) is 2. The van der Waals surface area contributed by atoms with Gasteiger partial charge in [-0.3, -0.25) is 15.1 Å². The van der Waals surface area contributed by atoms with Crippen LogP contribution in [0.15, 0.2) is 36.8 Å². The maximum Gasteiger partial charge on any atom is 0.259 e. The minimum absolute atomic E-state index is 0.292. The summed E-state index contributed by atoms with van der Waals surface area (Å²) in [6.07, 6.45) is 2.83. The smallest absolute Gasteiger partial charge is 0.259 e. The van der Waals surface area contributed by atoms with Crippen molar-refractivity contribution in [1.82, 2.24) is 20.2 Å². The first kappa shape index (κ1) is 12.1. The van der Waals surface area contributed by atoms with Crippen LogP contribution in [0.1, 0.15) is 10.4 Å². The van der Waals surface area contributed by atoms with E-state index in [0.29, 0.717) is 17.3 Å². The van der Waals surface area contributed by atoms with E-state index in [1.807, 2.05) is 18.2 Å². The van der Waals surface area contributed by atoms with Gasteiger partial charge in [0.25, 0.3) is 5.91 Å². The number of hydrogen-bond acceptors (Lipinski definition) is 5. The highest BCUT2D eigenvalue weighted by molar-refractivity contribution is 6.04. The van der Waals surface area contributed by atoms with Gasteiger partial charge in [0.15, 0.2) is 0 Å². The molecule has 0 radical (unpaired) electrons. The summed E-state index contributed by atoms with van der Waals surface area (Å²) >= 11 is 0. The summed E-state index contributed by atoms with van der Waals surface area (Å²) in [6.45, 7) is 0. The molecule has 0 aliphatic heterocycles. The number of nitrogens with zero attached hydrogens (tertiary/aromatic N) is 3. The third kappa shape index (κ3) is 2.28. The molecule has 0 saturated carbocycles. The Hall–Kier alpha value is -2.96. The van der Waals surface area contributed by atoms with Crippen LogP contribution < -0.4 is 10.1 Å². The number of H-pyrrole nitrogens is 1. The maximum absolute atomic E-state index is 12.0. The first-order valence-corrected chi connectivity index (χ1v) is 5.87. The second-order valence-electron chi connectivity index (χ2n) is 4.07. The fourth-order valence-electron chi connectivity index (χ4n) is 1.81. The van der Waals surface area contributed by atoms with E-state index >= 15 is 0 Å². The molecule has 2 N–H and O–H groups in total. The topological polar surface area (TPSA) is 92.8 Å². The molecule has 2 aromatic heterocycles. The highest BCUT2D eigenvalue weighted by Gasteiger charge is 2.09. The Bertz CT molecular complexity index is 755. The molecule has 0 aliphatic carbocycles. The second kappa shape index (κ2) is 4.96. The zero-order valence-electron chi connectivity index (χ0n) is 10.6. The average Bonchev–Trinajstić information content (AvgIpc) is 2.99. The molecule has 0 aliphatic rings. The maximum atomic E-state index is 12.0. The number of aromatic amines is 1. The summed E-state index contributed by atoms with van der Waals surface area (Å²) in [7, 11) is 1.59. The zero-order valence-corrected chi connectivity index (χ0v) is 10.6. The van der Waals surface area contributed by atoms with Gasteiger partial charge in [0.1, 0.15) is 12.1 Å². The molecule has 2 heterocycles. The van der Waals surface area contributed by atoms with Gasteiger partial charge in [-0.2, -0.15) is 10.1 Å². The highest BCUT2D eigenvalue weighted by Crippen LogP contribution is 2.20. The van der Waals surface area contributed by atoms with Crippen molar-refractivity contribution in [3.8, 4) is 5.75 Å². The lowest BCUT2D eigenvalue weighted by Crippen LogP contribution is -2.13. The van der Waals surface area contributed by atoms with E-state index in [4.69, 9.17) is 4.74 Å². The van der Waals surface area contributed by atoms with E-state index in [2.05, 4.69) is 25.5 Å². The summed E-state index contributed by atoms with van der Waals surface area (Å²) in [5.41, 5.74) is 1.23. The first-order valence-electron chi connectivity index (χ1n) is 5.87. The quantitative estimate of drug-likeness (QED) is 0.753. The summed E-state index contributed by atoms with van der Waals surface area (Å²) in [5.74, 6) is 0.701. The Labute approximate surface area is 114 Å². The summed E-state index contributed by atoms with van der Waals surface area (Å²) < 4.78 is 5.16. The molecule has 100 valence electrons. The van der Waals surface area contributed by atoms with Crippen LogP contribution >= 0.6 is 0 Å². The number of ether oxygens (including phenoxy) is 1. The number of benzene rings is 1. The Morgan fingerprint density at radius 2 is 2.20 bits per heavy atom. The standard InChI is InChI=1S/C13H11N5O2/c1-20-10-2-3-11-8(5-10)4-9(6-14-11)12(19)17-13-15-7-16-18-13/h2-7H,1H3,(H2,15,16,17,18,19). The van der Waals surface area contributed by atoms with E-state index in [0.717, 1.165) is 10.9 Å². The van der Waals surface area contributed by atoms with Crippen LogP contribution in [0.5, 0.6) is 5.75 Å². The van der Waals surface area contributed by atoms with Crippen molar-refractivity contribution in [3.63, 3.8) is 0 Å². The van der Waals surface area contributed by atoms with Gasteiger partial charge in [-0.05, 0) is 24.3 Å². The predicted molar refractivity (Wildman–Crippen MR) is 72.6 cm³/mol. The molecule has 1 amide bonds. The molecule has 0 saturated heterocycles. The molecule has 0 spiro atoms. The zero-order chi connectivity index (χ0) is 13.9. The van der Waals surface area contributed by atoms with E-state index < -0.39 is 0 Å². The Morgan fingerprint density at radius 1 is 1.30 bits per heavy atom. The van der Waals surface area contributed by atoms with Gasteiger partial charge in [0.2, 0.25) is 5.95 Å². The summed E-state index contributed by atoms with van der Waals surface area (Å²) in [4.78, 5) is 20.1. The monoisotopic (exact) mass is 269 g/mol. The number of rotatable bonds is 3. The molecule has 0 fully saturated rings. The van der Waals surface area contributed by atoms with Crippen molar-refractivity contribution in [2.24, 2.45) is 0 Å². The normalized spacial score (nSPS) is 10.4. The number of aromatic nitrogens is 4. The fraction of sp³-hybridized carbons (Fsp3) is 0.0769. The number of methoxy groups -OCH3 is 1. The average molecular weight is 269 g/mol. The number of hydrogen-bond donors (Lipinski definition) is 2. The van der Waals surface area contributed by atoms with Gasteiger partial charge in [-0.1, -0.05) is 0 Å². The number of carbonyl (C=O) groups is 1. The van der Waals surface area contributed by atoms with Gasteiger partial charge < -0.3 is 4.74 Å². The molecule has 0 unspecified atom stereocenters. The molecular weight excluding hydrogens is 258 g/mol. The van der Waals surface area contributed by atoms with Crippen LogP contribution in [0.4, 0.5) is 5.95 Å². The van der Waals surface area contributed by atoms with Crippen LogP contribution in [-0.4, -0.2) is 33.2 Å². The number of pyridine rings is 1. The highest BCUT2D eigenvalue weighted by atomic mass is 16.5. The molecular formula is C13H11N5O2. The third-order valence-electron chi connectivity index (χ3n) is 2.80. The molecule has 7 heteroatoms. The summed E-state index contributed by atoms with van der Waals surface area (Å²) in [5, 5.41) is 9.64. The third-order valence-corrected chi connectivity index (χ3v) is 2.80. The molecule has 7 nitrogen and oxygen atoms in total. The predicted octanol–water partition coefficient (Wildman–Crippen LogP) is 1.61. The lowest BCUT2D eigenvalue weighted by molar-refractivity contribution is 0.102. The number of carbonyl (C=O) groups excluding carboxylic acids is 1. The molecule has 3 aromatic rings. The Kier molecular flexibility index (Phi) is 3.00. The van der Waals surface area contributed by atoms with Gasteiger partial charge in [-0.25, -0.2) is 5.10 Å². The van der Waals surface area contributed by atoms with Gasteiger partial charge >= 0.3 is 0 Å². The Morgan fingerprint density at radius 3 is 2.95 bits per heavy atom. The number of anilines is 1. The van der Waals surface area contributed by atoms with Gasteiger partial charge in [0.05, 0.1) is 18.2 Å². The van der Waals surface area contributed by atoms with Crippen molar-refractivity contribution in [1.29, 1.82) is 0 Å². The van der Waals surface area contributed by atoms with Crippen LogP contribution in [0, 0.1) is 0 Å². The molecule has 1 aromatic carbocycles. The van der Waals surface area contributed by atoms with E-state index in [-0.39, 0.29) is 5.91 Å². The van der Waals surface area contributed by atoms with E-state index in [9.17, 15) is 4.79 Å². The van der Waals surface area contributed by atoms with Crippen LogP contribution in [0.2, 0.25) is 0 Å². The number of fused-ring (bicyclic) bond motifs is 1. The molecule has 0 bridgehead atoms. The summed E-state index contributed by atoms with van der Waals surface area (Å²) in [6, 6.07) is 7.24. The largest absolute Gasteiger partial charge is 0.497 e. The number of amides is 1. The Balaban J connectivity index is 1.93. The molecule has 3 rings (SSSR count). The van der Waals surface area contributed by atoms with Crippen molar-refractivity contribution in [3.05, 3.63) is 42.4 Å². The minimum atomic E-state index is -0.307. The SMILES string of the molecule is COc1ccc2ncc(C(=O)Nc3ncn[nH]3)cc2c1. The van der Waals surface area contributed by atoms with Crippen LogP contribution in [0.3, 0.4) is 0 Å². The fourth-order valence-corrected chi connectivity index (χ4v) is 1.81. The first-order chi connectivity index (χ1) is 9.76. The molecule has 0 atom stereocenters. The van der Waals surface area contributed by atoms with Crippen molar-refractivity contribution >= 4 is 22.8 Å². The van der Waals surface area contributed by atoms with Gasteiger partial charge in [0, 0.05) is 11.6 Å². The van der Waals surface area contributed by atoms with Crippen molar-refractivity contribution in [2.45, 2.75) is 0 Å².